The van der Waals surface area contributed by atoms with E-state index in [9.17, 15) is 14.4 Å². The van der Waals surface area contributed by atoms with Crippen molar-refractivity contribution in [1.82, 2.24) is 29.8 Å². The Balaban J connectivity index is 1.62. The Labute approximate surface area is 180 Å². The van der Waals surface area contributed by atoms with Crippen molar-refractivity contribution in [2.75, 3.05) is 7.11 Å². The number of nitrogens with zero attached hydrogens (tertiary/aromatic N) is 5. The third kappa shape index (κ3) is 3.90. The molecule has 0 aliphatic carbocycles. The molecule has 0 bridgehead atoms. The maximum absolute atomic E-state index is 12.6. The summed E-state index contributed by atoms with van der Waals surface area (Å²) in [6.45, 7) is 0.166. The average molecular weight is 434 g/mol. The molecule has 32 heavy (non-hydrogen) atoms. The average Bonchev–Trinajstić information content (AvgIpc) is 3.32. The molecule has 0 saturated carbocycles. The molecule has 2 aromatic heterocycles. The molecule has 0 unspecified atom stereocenters. The van der Waals surface area contributed by atoms with Gasteiger partial charge in [-0.05, 0) is 18.2 Å². The van der Waals surface area contributed by atoms with Crippen LogP contribution in [0, 0.1) is 0 Å². The van der Waals surface area contributed by atoms with E-state index in [2.05, 4.69) is 20.6 Å². The second-order valence-electron chi connectivity index (χ2n) is 6.66. The molecule has 4 rings (SSSR count). The van der Waals surface area contributed by atoms with Gasteiger partial charge in [-0.1, -0.05) is 41.6 Å². The highest BCUT2D eigenvalue weighted by atomic mass is 16.5. The highest BCUT2D eigenvalue weighted by Gasteiger charge is 2.22. The van der Waals surface area contributed by atoms with Gasteiger partial charge >= 0.3 is 17.5 Å². The molecule has 0 aliphatic heterocycles. The summed E-state index contributed by atoms with van der Waals surface area (Å²) in [6, 6.07) is 15.8. The Kier molecular flexibility index (Phi) is 5.62. The number of carbonyl (C=O) groups is 1. The number of amides is 1. The third-order valence-corrected chi connectivity index (χ3v) is 4.64. The molecule has 0 radical (unpaired) electrons. The van der Waals surface area contributed by atoms with Crippen molar-refractivity contribution >= 4 is 5.91 Å². The van der Waals surface area contributed by atoms with Gasteiger partial charge in [-0.3, -0.25) is 14.2 Å². The van der Waals surface area contributed by atoms with Crippen LogP contribution in [0.4, 0.5) is 0 Å². The van der Waals surface area contributed by atoms with Gasteiger partial charge in [0.05, 0.1) is 12.8 Å². The zero-order valence-corrected chi connectivity index (χ0v) is 17.2. The fourth-order valence-electron chi connectivity index (χ4n) is 2.96. The van der Waals surface area contributed by atoms with E-state index in [1.165, 1.54) is 14.2 Å². The lowest BCUT2D eigenvalue weighted by Gasteiger charge is -2.08. The Bertz CT molecular complexity index is 1390. The summed E-state index contributed by atoms with van der Waals surface area (Å²) in [6.07, 6.45) is 0. The van der Waals surface area contributed by atoms with Crippen molar-refractivity contribution in [3.8, 4) is 23.0 Å². The van der Waals surface area contributed by atoms with Crippen LogP contribution >= 0.6 is 0 Å². The number of aromatic nitrogens is 5. The zero-order valence-electron chi connectivity index (χ0n) is 17.2. The summed E-state index contributed by atoms with van der Waals surface area (Å²) < 4.78 is 12.2. The number of rotatable bonds is 6. The van der Waals surface area contributed by atoms with Crippen molar-refractivity contribution < 1.29 is 14.1 Å². The molecule has 0 saturated heterocycles. The van der Waals surface area contributed by atoms with Gasteiger partial charge in [-0.15, -0.1) is 0 Å². The van der Waals surface area contributed by atoms with Gasteiger partial charge in [0.2, 0.25) is 5.82 Å². The monoisotopic (exact) mass is 434 g/mol. The second kappa shape index (κ2) is 8.68. The van der Waals surface area contributed by atoms with Crippen LogP contribution in [0.2, 0.25) is 0 Å². The van der Waals surface area contributed by atoms with E-state index in [1.54, 1.807) is 42.5 Å². The third-order valence-electron chi connectivity index (χ3n) is 4.64. The largest absolute Gasteiger partial charge is 0.496 e. The van der Waals surface area contributed by atoms with E-state index in [0.717, 1.165) is 14.8 Å². The van der Waals surface area contributed by atoms with Crippen molar-refractivity contribution in [2.24, 2.45) is 7.05 Å². The van der Waals surface area contributed by atoms with Crippen LogP contribution in [0.25, 0.3) is 17.2 Å². The van der Waals surface area contributed by atoms with Crippen LogP contribution in [0.15, 0.2) is 68.7 Å². The van der Waals surface area contributed by atoms with E-state index in [1.807, 2.05) is 12.1 Å². The van der Waals surface area contributed by atoms with Crippen molar-refractivity contribution in [1.29, 1.82) is 0 Å². The number of ether oxygens (including phenoxy) is 1. The normalized spacial score (nSPS) is 10.7. The number of carbonyl (C=O) groups excluding carboxylic acids is 1. The Morgan fingerprint density at radius 1 is 1.09 bits per heavy atom. The molecule has 0 spiro atoms. The van der Waals surface area contributed by atoms with Gasteiger partial charge in [-0.25, -0.2) is 4.79 Å². The molecule has 11 heteroatoms. The predicted octanol–water partition coefficient (Wildman–Crippen LogP) is 0.920. The lowest BCUT2D eigenvalue weighted by Crippen LogP contribution is -2.40. The quantitative estimate of drug-likeness (QED) is 0.473. The van der Waals surface area contributed by atoms with Crippen molar-refractivity contribution in [3.63, 3.8) is 0 Å². The van der Waals surface area contributed by atoms with Crippen LogP contribution in [-0.4, -0.2) is 37.5 Å². The molecule has 0 aliphatic rings. The molecule has 2 heterocycles. The SMILES string of the molecule is COc1ccccc1CNC(=O)c1nc(-c2nn(-c3ccccc3)c(=O)n(C)c2=O)no1. The Morgan fingerprint density at radius 2 is 1.81 bits per heavy atom. The molecule has 4 aromatic rings. The van der Waals surface area contributed by atoms with Crippen LogP contribution in [-0.2, 0) is 13.6 Å². The molecule has 1 amide bonds. The van der Waals surface area contributed by atoms with Gasteiger partial charge in [-0.2, -0.15) is 14.8 Å². The molecule has 11 nitrogen and oxygen atoms in total. The molecule has 162 valence electrons. The molecule has 2 aromatic carbocycles. The summed E-state index contributed by atoms with van der Waals surface area (Å²) >= 11 is 0. The van der Waals surface area contributed by atoms with Gasteiger partial charge in [0, 0.05) is 19.2 Å². The van der Waals surface area contributed by atoms with Crippen LogP contribution in [0.5, 0.6) is 5.75 Å². The first-order valence-electron chi connectivity index (χ1n) is 9.49. The van der Waals surface area contributed by atoms with Crippen LogP contribution < -0.4 is 21.3 Å². The highest BCUT2D eigenvalue weighted by molar-refractivity contribution is 5.89. The minimum Gasteiger partial charge on any atom is -0.496 e. The zero-order chi connectivity index (χ0) is 22.7. The smallest absolute Gasteiger partial charge is 0.351 e. The Morgan fingerprint density at radius 3 is 2.56 bits per heavy atom. The number of hydrogen-bond donors (Lipinski definition) is 1. The minimum absolute atomic E-state index is 0.166. The van der Waals surface area contributed by atoms with Crippen molar-refractivity contribution in [3.05, 3.63) is 86.9 Å². The van der Waals surface area contributed by atoms with Gasteiger partial charge < -0.3 is 14.6 Å². The minimum atomic E-state index is -0.719. The van der Waals surface area contributed by atoms with E-state index in [0.29, 0.717) is 11.4 Å². The molecular weight excluding hydrogens is 416 g/mol. The second-order valence-corrected chi connectivity index (χ2v) is 6.66. The molecule has 0 fully saturated rings. The summed E-state index contributed by atoms with van der Waals surface area (Å²) in [5, 5.41) is 10.5. The van der Waals surface area contributed by atoms with Crippen molar-refractivity contribution in [2.45, 2.75) is 6.54 Å². The first-order valence-corrected chi connectivity index (χ1v) is 9.49. The van der Waals surface area contributed by atoms with Crippen LogP contribution in [0.3, 0.4) is 0 Å². The molecule has 0 atom stereocenters. The predicted molar refractivity (Wildman–Crippen MR) is 113 cm³/mol. The van der Waals surface area contributed by atoms with Gasteiger partial charge in [0.1, 0.15) is 5.75 Å². The lowest BCUT2D eigenvalue weighted by molar-refractivity contribution is 0.0906. The van der Waals surface area contributed by atoms with E-state index >= 15 is 0 Å². The fourth-order valence-corrected chi connectivity index (χ4v) is 2.96. The van der Waals surface area contributed by atoms with E-state index in [4.69, 9.17) is 9.26 Å². The summed E-state index contributed by atoms with van der Waals surface area (Å²) in [7, 11) is 2.85. The van der Waals surface area contributed by atoms with Gasteiger partial charge in [0.15, 0.2) is 5.69 Å². The first kappa shape index (κ1) is 20.7. The number of nitrogens with one attached hydrogen (secondary N) is 1. The first-order chi connectivity index (χ1) is 15.5. The molecule has 1 N–H and O–H groups in total. The molecular formula is C21H18N6O5. The number of methoxy groups -OCH3 is 1. The lowest BCUT2D eigenvalue weighted by atomic mass is 10.2. The maximum Gasteiger partial charge on any atom is 0.351 e. The topological polar surface area (TPSA) is 134 Å². The number of benzene rings is 2. The van der Waals surface area contributed by atoms with Gasteiger partial charge in [0.25, 0.3) is 5.56 Å². The van der Waals surface area contributed by atoms with Crippen LogP contribution in [0.1, 0.15) is 16.2 Å². The number of hydrogen-bond acceptors (Lipinski definition) is 8. The summed E-state index contributed by atoms with van der Waals surface area (Å²) in [5.41, 5.74) is -0.378. The Hall–Kier alpha value is -4.54. The summed E-state index contributed by atoms with van der Waals surface area (Å²) in [5.74, 6) is -0.577. The fraction of sp³-hybridized carbons (Fsp3) is 0.143. The number of para-hydroxylation sites is 2. The maximum atomic E-state index is 12.6. The summed E-state index contributed by atoms with van der Waals surface area (Å²) in [4.78, 5) is 41.5. The van der Waals surface area contributed by atoms with E-state index in [-0.39, 0.29) is 24.0 Å². The van der Waals surface area contributed by atoms with E-state index < -0.39 is 17.2 Å². The highest BCUT2D eigenvalue weighted by Crippen LogP contribution is 2.17. The standard InChI is InChI=1S/C21H18N6O5/c1-26-20(29)16(24-27(21(26)30)14-9-4-3-5-10-14)17-23-19(32-25-17)18(28)22-12-13-8-6-7-11-15(13)31-2/h3-11H,12H2,1-2H3,(H,22,28).